The average Bonchev–Trinajstić information content (AvgIpc) is 3.13. The van der Waals surface area contributed by atoms with Gasteiger partial charge in [0.15, 0.2) is 0 Å². The van der Waals surface area contributed by atoms with Gasteiger partial charge in [-0.3, -0.25) is 9.59 Å². The van der Waals surface area contributed by atoms with E-state index in [0.717, 1.165) is 12.3 Å². The van der Waals surface area contributed by atoms with E-state index in [-0.39, 0.29) is 23.3 Å². The Morgan fingerprint density at radius 2 is 2.13 bits per heavy atom. The third kappa shape index (κ3) is 2.80. The van der Waals surface area contributed by atoms with Crippen LogP contribution >= 0.6 is 11.3 Å². The Morgan fingerprint density at radius 1 is 1.35 bits per heavy atom. The van der Waals surface area contributed by atoms with Gasteiger partial charge in [0.25, 0.3) is 5.91 Å². The van der Waals surface area contributed by atoms with E-state index in [0.29, 0.717) is 23.9 Å². The van der Waals surface area contributed by atoms with E-state index >= 15 is 0 Å². The van der Waals surface area contributed by atoms with Gasteiger partial charge in [0, 0.05) is 30.0 Å². The Kier molecular flexibility index (Phi) is 4.25. The summed E-state index contributed by atoms with van der Waals surface area (Å²) in [4.78, 5) is 24.1. The molecule has 0 radical (unpaired) electrons. The standard InChI is InChI=1S/C18H26N2O2S/c1-17(2)13-4-7-18(17,3)14(10-13)20-15(21)5-8-19-16(22)12-6-9-23-11-12/h6,9,11,13-14H,4-5,7-8,10H2,1-3H3,(H,19,22)(H,20,21). The fourth-order valence-corrected chi connectivity index (χ4v) is 5.11. The minimum Gasteiger partial charge on any atom is -0.353 e. The fourth-order valence-electron chi connectivity index (χ4n) is 4.47. The molecule has 2 aliphatic carbocycles. The van der Waals surface area contributed by atoms with E-state index in [2.05, 4.69) is 31.4 Å². The summed E-state index contributed by atoms with van der Waals surface area (Å²) in [6.07, 6.45) is 3.92. The quantitative estimate of drug-likeness (QED) is 0.869. The van der Waals surface area contributed by atoms with Gasteiger partial charge in [-0.15, -0.1) is 0 Å². The molecule has 23 heavy (non-hydrogen) atoms. The monoisotopic (exact) mass is 334 g/mol. The third-order valence-electron chi connectivity index (χ3n) is 6.55. The number of hydrogen-bond donors (Lipinski definition) is 2. The Hall–Kier alpha value is -1.36. The van der Waals surface area contributed by atoms with Crippen LogP contribution in [0.15, 0.2) is 16.8 Å². The molecule has 4 nitrogen and oxygen atoms in total. The second-order valence-corrected chi connectivity index (χ2v) is 8.53. The van der Waals surface area contributed by atoms with Crippen molar-refractivity contribution >= 4 is 23.2 Å². The normalized spacial score (nSPS) is 31.1. The van der Waals surface area contributed by atoms with Crippen LogP contribution in [0.25, 0.3) is 0 Å². The van der Waals surface area contributed by atoms with Crippen LogP contribution in [0, 0.1) is 16.7 Å². The van der Waals surface area contributed by atoms with Gasteiger partial charge in [-0.05, 0) is 47.5 Å². The van der Waals surface area contributed by atoms with Crippen LogP contribution in [0.4, 0.5) is 0 Å². The van der Waals surface area contributed by atoms with E-state index in [1.807, 2.05) is 10.8 Å². The summed E-state index contributed by atoms with van der Waals surface area (Å²) in [5, 5.41) is 9.72. The Labute approximate surface area is 142 Å². The lowest BCUT2D eigenvalue weighted by Crippen LogP contribution is -2.47. The van der Waals surface area contributed by atoms with Crippen molar-refractivity contribution < 1.29 is 9.59 Å². The lowest BCUT2D eigenvalue weighted by atomic mass is 9.69. The molecule has 1 aromatic heterocycles. The van der Waals surface area contributed by atoms with Gasteiger partial charge < -0.3 is 10.6 Å². The van der Waals surface area contributed by atoms with Crippen molar-refractivity contribution in [3.63, 3.8) is 0 Å². The summed E-state index contributed by atoms with van der Waals surface area (Å²) in [6.45, 7) is 7.40. The van der Waals surface area contributed by atoms with Crippen molar-refractivity contribution in [3.8, 4) is 0 Å². The zero-order chi connectivity index (χ0) is 16.7. The lowest BCUT2D eigenvalue weighted by molar-refractivity contribution is -0.122. The molecule has 3 atom stereocenters. The summed E-state index contributed by atoms with van der Waals surface area (Å²) < 4.78 is 0. The summed E-state index contributed by atoms with van der Waals surface area (Å²) in [6, 6.07) is 2.06. The van der Waals surface area contributed by atoms with Crippen molar-refractivity contribution in [1.29, 1.82) is 0 Å². The first-order chi connectivity index (χ1) is 10.8. The number of hydrogen-bond acceptors (Lipinski definition) is 3. The molecule has 2 fully saturated rings. The number of carbonyl (C=O) groups excluding carboxylic acids is 2. The van der Waals surface area contributed by atoms with Gasteiger partial charge in [0.05, 0.1) is 0 Å². The maximum absolute atomic E-state index is 12.2. The zero-order valence-corrected chi connectivity index (χ0v) is 15.0. The number of nitrogens with one attached hydrogen (secondary N) is 2. The van der Waals surface area contributed by atoms with E-state index < -0.39 is 0 Å². The van der Waals surface area contributed by atoms with Crippen LogP contribution in [0.2, 0.25) is 0 Å². The molecular weight excluding hydrogens is 308 g/mol. The van der Waals surface area contributed by atoms with E-state index in [1.54, 1.807) is 6.07 Å². The van der Waals surface area contributed by atoms with Crippen LogP contribution in [0.3, 0.4) is 0 Å². The molecule has 0 aliphatic heterocycles. The van der Waals surface area contributed by atoms with E-state index in [4.69, 9.17) is 0 Å². The van der Waals surface area contributed by atoms with Crippen LogP contribution < -0.4 is 10.6 Å². The topological polar surface area (TPSA) is 58.2 Å². The predicted molar refractivity (Wildman–Crippen MR) is 92.4 cm³/mol. The Balaban J connectivity index is 1.47. The van der Waals surface area contributed by atoms with Crippen molar-refractivity contribution in [2.45, 2.75) is 52.5 Å². The molecule has 2 aliphatic rings. The average molecular weight is 334 g/mol. The largest absolute Gasteiger partial charge is 0.353 e. The highest BCUT2D eigenvalue weighted by Gasteiger charge is 2.61. The number of carbonyl (C=O) groups is 2. The molecule has 3 rings (SSSR count). The van der Waals surface area contributed by atoms with Crippen molar-refractivity contribution in [2.75, 3.05) is 6.54 Å². The van der Waals surface area contributed by atoms with Crippen LogP contribution in [-0.2, 0) is 4.79 Å². The maximum atomic E-state index is 12.2. The van der Waals surface area contributed by atoms with Gasteiger partial charge in [0.1, 0.15) is 0 Å². The molecule has 2 N–H and O–H groups in total. The second-order valence-electron chi connectivity index (χ2n) is 7.75. The SMILES string of the molecule is CC1(C)C2CCC1(C)C(NC(=O)CCNC(=O)c1ccsc1)C2. The maximum Gasteiger partial charge on any atom is 0.252 e. The summed E-state index contributed by atoms with van der Waals surface area (Å²) in [7, 11) is 0. The summed E-state index contributed by atoms with van der Waals surface area (Å²) in [5.41, 5.74) is 1.17. The first-order valence-electron chi connectivity index (χ1n) is 8.44. The van der Waals surface area contributed by atoms with Gasteiger partial charge in [-0.2, -0.15) is 11.3 Å². The van der Waals surface area contributed by atoms with Crippen molar-refractivity contribution in [1.82, 2.24) is 10.6 Å². The highest BCUT2D eigenvalue weighted by Crippen LogP contribution is 2.65. The molecule has 5 heteroatoms. The highest BCUT2D eigenvalue weighted by atomic mass is 32.1. The zero-order valence-electron chi connectivity index (χ0n) is 14.1. The van der Waals surface area contributed by atoms with Crippen molar-refractivity contribution in [3.05, 3.63) is 22.4 Å². The van der Waals surface area contributed by atoms with E-state index in [9.17, 15) is 9.59 Å². The third-order valence-corrected chi connectivity index (χ3v) is 7.23. The number of rotatable bonds is 5. The molecule has 126 valence electrons. The molecule has 3 unspecified atom stereocenters. The molecule has 2 saturated carbocycles. The first-order valence-corrected chi connectivity index (χ1v) is 9.38. The molecule has 0 aromatic carbocycles. The van der Waals surface area contributed by atoms with Crippen LogP contribution in [0.5, 0.6) is 0 Å². The number of thiophene rings is 1. The van der Waals surface area contributed by atoms with E-state index in [1.165, 1.54) is 24.2 Å². The first kappa shape index (κ1) is 16.5. The number of amides is 2. The lowest BCUT2D eigenvalue weighted by Gasteiger charge is -2.39. The van der Waals surface area contributed by atoms with Gasteiger partial charge in [-0.1, -0.05) is 20.8 Å². The highest BCUT2D eigenvalue weighted by molar-refractivity contribution is 7.08. The Morgan fingerprint density at radius 3 is 2.70 bits per heavy atom. The second kappa shape index (κ2) is 5.93. The molecule has 1 aromatic rings. The number of fused-ring (bicyclic) bond motifs is 2. The molecule has 0 spiro atoms. The minimum atomic E-state index is -0.105. The van der Waals surface area contributed by atoms with Gasteiger partial charge >= 0.3 is 0 Å². The van der Waals surface area contributed by atoms with Crippen LogP contribution in [-0.4, -0.2) is 24.4 Å². The molecule has 2 amide bonds. The molecule has 2 bridgehead atoms. The fraction of sp³-hybridized carbons (Fsp3) is 0.667. The summed E-state index contributed by atoms with van der Waals surface area (Å²) >= 11 is 1.49. The summed E-state index contributed by atoms with van der Waals surface area (Å²) in [5.74, 6) is 0.661. The van der Waals surface area contributed by atoms with Gasteiger partial charge in [0.2, 0.25) is 5.91 Å². The molecular formula is C18H26N2O2S. The van der Waals surface area contributed by atoms with Crippen molar-refractivity contribution in [2.24, 2.45) is 16.7 Å². The Bertz CT molecular complexity index is 596. The molecule has 0 saturated heterocycles. The predicted octanol–water partition coefficient (Wildman–Crippen LogP) is 3.20. The minimum absolute atomic E-state index is 0.0465. The molecule has 1 heterocycles. The van der Waals surface area contributed by atoms with Gasteiger partial charge in [-0.25, -0.2) is 0 Å². The van der Waals surface area contributed by atoms with Crippen LogP contribution in [0.1, 0.15) is 56.8 Å². The smallest absolute Gasteiger partial charge is 0.252 e.